The molecular weight excluding hydrogens is 183 g/mol. The van der Waals surface area contributed by atoms with E-state index in [9.17, 15) is 13.2 Å². The molecule has 0 unspecified atom stereocenters. The Hall–Kier alpha value is -0.290. The fraction of sp³-hybridized carbons (Fsp3) is 1.00. The molecule has 0 aromatic heterocycles. The van der Waals surface area contributed by atoms with Gasteiger partial charge in [-0.1, -0.05) is 0 Å². The molecule has 1 saturated heterocycles. The second-order valence-corrected chi connectivity index (χ2v) is 3.57. The first-order valence-electron chi connectivity index (χ1n) is 4.27. The monoisotopic (exact) mass is 197 g/mol. The Kier molecular flexibility index (Phi) is 3.18. The van der Waals surface area contributed by atoms with Gasteiger partial charge in [0.2, 0.25) is 0 Å². The highest BCUT2D eigenvalue weighted by molar-refractivity contribution is 4.80. The van der Waals surface area contributed by atoms with Crippen molar-refractivity contribution in [3.8, 4) is 0 Å². The highest BCUT2D eigenvalue weighted by Gasteiger charge is 2.32. The van der Waals surface area contributed by atoms with E-state index in [1.807, 2.05) is 18.9 Å². The van der Waals surface area contributed by atoms with Gasteiger partial charge in [0.25, 0.3) is 0 Å². The third-order valence-corrected chi connectivity index (χ3v) is 2.33. The first-order valence-corrected chi connectivity index (χ1v) is 4.27. The Morgan fingerprint density at radius 2 is 2.08 bits per heavy atom. The van der Waals surface area contributed by atoms with Crippen molar-refractivity contribution in [3.05, 3.63) is 0 Å². The standard InChI is InChI=1S/C8H14F3NO/c1-6-3-7(4-12(6)2)13-5-8(9,10)11/h6-7H,3-5H2,1-2H3/t6-,7+/m1/s1. The molecule has 1 aliphatic heterocycles. The van der Waals surface area contributed by atoms with Gasteiger partial charge in [-0.3, -0.25) is 0 Å². The number of alkyl halides is 3. The van der Waals surface area contributed by atoms with E-state index in [0.29, 0.717) is 19.0 Å². The molecule has 1 rings (SSSR count). The highest BCUT2D eigenvalue weighted by atomic mass is 19.4. The molecule has 0 saturated carbocycles. The number of nitrogens with zero attached hydrogens (tertiary/aromatic N) is 1. The Morgan fingerprint density at radius 3 is 2.46 bits per heavy atom. The molecule has 1 fully saturated rings. The average Bonchev–Trinajstić information content (AvgIpc) is 2.27. The van der Waals surface area contributed by atoms with Crippen molar-refractivity contribution in [2.75, 3.05) is 20.2 Å². The van der Waals surface area contributed by atoms with E-state index in [1.54, 1.807) is 0 Å². The fourth-order valence-electron chi connectivity index (χ4n) is 1.47. The average molecular weight is 197 g/mol. The number of likely N-dealkylation sites (N-methyl/N-ethyl adjacent to an activating group) is 1. The summed E-state index contributed by atoms with van der Waals surface area (Å²) < 4.78 is 40.0. The lowest BCUT2D eigenvalue weighted by Gasteiger charge is -2.13. The quantitative estimate of drug-likeness (QED) is 0.667. The van der Waals surface area contributed by atoms with E-state index in [-0.39, 0.29) is 6.10 Å². The van der Waals surface area contributed by atoms with Crippen LogP contribution in [0.4, 0.5) is 13.2 Å². The number of halogens is 3. The smallest absolute Gasteiger partial charge is 0.367 e. The minimum absolute atomic E-state index is 0.262. The van der Waals surface area contributed by atoms with Crippen LogP contribution in [0.2, 0.25) is 0 Å². The van der Waals surface area contributed by atoms with Gasteiger partial charge in [0.1, 0.15) is 6.61 Å². The zero-order valence-electron chi connectivity index (χ0n) is 7.77. The van der Waals surface area contributed by atoms with Crippen LogP contribution in [-0.2, 0) is 4.74 Å². The van der Waals surface area contributed by atoms with Gasteiger partial charge in [-0.15, -0.1) is 0 Å². The molecule has 1 aliphatic rings. The van der Waals surface area contributed by atoms with E-state index in [1.165, 1.54) is 0 Å². The first-order chi connectivity index (χ1) is 5.88. The normalized spacial score (nSPS) is 31.2. The van der Waals surface area contributed by atoms with Gasteiger partial charge >= 0.3 is 6.18 Å². The highest BCUT2D eigenvalue weighted by Crippen LogP contribution is 2.21. The van der Waals surface area contributed by atoms with Crippen molar-refractivity contribution in [1.29, 1.82) is 0 Å². The number of ether oxygens (including phenoxy) is 1. The molecule has 0 aromatic rings. The molecule has 5 heteroatoms. The van der Waals surface area contributed by atoms with Crippen molar-refractivity contribution in [3.63, 3.8) is 0 Å². The van der Waals surface area contributed by atoms with Crippen LogP contribution in [0.15, 0.2) is 0 Å². The predicted molar refractivity (Wildman–Crippen MR) is 42.5 cm³/mol. The number of rotatable bonds is 2. The molecule has 0 aliphatic carbocycles. The minimum Gasteiger partial charge on any atom is -0.367 e. The van der Waals surface area contributed by atoms with Gasteiger partial charge in [-0.25, -0.2) is 0 Å². The van der Waals surface area contributed by atoms with Gasteiger partial charge in [0.15, 0.2) is 0 Å². The van der Waals surface area contributed by atoms with Crippen LogP contribution in [0, 0.1) is 0 Å². The van der Waals surface area contributed by atoms with Crippen molar-refractivity contribution in [2.45, 2.75) is 31.7 Å². The summed E-state index contributed by atoms with van der Waals surface area (Å²) in [6, 6.07) is 0.318. The Morgan fingerprint density at radius 1 is 1.46 bits per heavy atom. The molecular formula is C8H14F3NO. The molecule has 78 valence electrons. The molecule has 1 heterocycles. The third kappa shape index (κ3) is 3.52. The zero-order valence-corrected chi connectivity index (χ0v) is 7.77. The molecule has 0 spiro atoms. The van der Waals surface area contributed by atoms with Crippen molar-refractivity contribution >= 4 is 0 Å². The summed E-state index contributed by atoms with van der Waals surface area (Å²) in [5.41, 5.74) is 0. The summed E-state index contributed by atoms with van der Waals surface area (Å²) in [5, 5.41) is 0. The minimum atomic E-state index is -4.20. The van der Waals surface area contributed by atoms with Gasteiger partial charge in [0.05, 0.1) is 6.10 Å². The van der Waals surface area contributed by atoms with Crippen LogP contribution < -0.4 is 0 Å². The number of likely N-dealkylation sites (tertiary alicyclic amines) is 1. The fourth-order valence-corrected chi connectivity index (χ4v) is 1.47. The van der Waals surface area contributed by atoms with E-state index in [4.69, 9.17) is 4.74 Å². The lowest BCUT2D eigenvalue weighted by molar-refractivity contribution is -0.183. The largest absolute Gasteiger partial charge is 0.411 e. The van der Waals surface area contributed by atoms with E-state index >= 15 is 0 Å². The van der Waals surface area contributed by atoms with E-state index in [2.05, 4.69) is 0 Å². The molecule has 0 aromatic carbocycles. The van der Waals surface area contributed by atoms with Crippen molar-refractivity contribution in [2.24, 2.45) is 0 Å². The second-order valence-electron chi connectivity index (χ2n) is 3.57. The molecule has 0 bridgehead atoms. The van der Waals surface area contributed by atoms with Crippen LogP contribution in [0.3, 0.4) is 0 Å². The van der Waals surface area contributed by atoms with Crippen LogP contribution in [-0.4, -0.2) is 43.4 Å². The van der Waals surface area contributed by atoms with Crippen LogP contribution in [0.25, 0.3) is 0 Å². The summed E-state index contributed by atoms with van der Waals surface area (Å²) in [4.78, 5) is 2.00. The summed E-state index contributed by atoms with van der Waals surface area (Å²) in [6.45, 7) is 1.45. The lowest BCUT2D eigenvalue weighted by atomic mass is 10.2. The Balaban J connectivity index is 2.25. The topological polar surface area (TPSA) is 12.5 Å². The molecule has 2 atom stereocenters. The maximum atomic E-state index is 11.8. The van der Waals surface area contributed by atoms with Gasteiger partial charge in [-0.05, 0) is 20.4 Å². The Labute approximate surface area is 75.7 Å². The number of hydrogen-bond donors (Lipinski definition) is 0. The van der Waals surface area contributed by atoms with Crippen molar-refractivity contribution in [1.82, 2.24) is 4.90 Å². The predicted octanol–water partition coefficient (Wildman–Crippen LogP) is 1.66. The lowest BCUT2D eigenvalue weighted by Crippen LogP contribution is -2.26. The van der Waals surface area contributed by atoms with Crippen LogP contribution in [0.5, 0.6) is 0 Å². The number of hydrogen-bond acceptors (Lipinski definition) is 2. The van der Waals surface area contributed by atoms with Crippen molar-refractivity contribution < 1.29 is 17.9 Å². The Bertz CT molecular complexity index is 161. The molecule has 13 heavy (non-hydrogen) atoms. The zero-order chi connectivity index (χ0) is 10.1. The summed E-state index contributed by atoms with van der Waals surface area (Å²) in [6.07, 6.45) is -3.78. The van der Waals surface area contributed by atoms with Crippen LogP contribution >= 0.6 is 0 Å². The molecule has 0 amide bonds. The van der Waals surface area contributed by atoms with E-state index in [0.717, 1.165) is 0 Å². The van der Waals surface area contributed by atoms with Gasteiger partial charge in [-0.2, -0.15) is 13.2 Å². The summed E-state index contributed by atoms with van der Waals surface area (Å²) in [7, 11) is 1.89. The maximum Gasteiger partial charge on any atom is 0.411 e. The molecule has 0 radical (unpaired) electrons. The van der Waals surface area contributed by atoms with E-state index < -0.39 is 12.8 Å². The SMILES string of the molecule is C[C@@H]1C[C@H](OCC(F)(F)F)CN1C. The van der Waals surface area contributed by atoms with Crippen LogP contribution in [0.1, 0.15) is 13.3 Å². The maximum absolute atomic E-state index is 11.8. The molecule has 0 N–H and O–H groups in total. The summed E-state index contributed by atoms with van der Waals surface area (Å²) in [5.74, 6) is 0. The molecule has 2 nitrogen and oxygen atoms in total. The second kappa shape index (κ2) is 3.84. The summed E-state index contributed by atoms with van der Waals surface area (Å²) >= 11 is 0. The third-order valence-electron chi connectivity index (χ3n) is 2.33. The van der Waals surface area contributed by atoms with Gasteiger partial charge in [0, 0.05) is 12.6 Å². The first kappa shape index (κ1) is 10.8. The van der Waals surface area contributed by atoms with Gasteiger partial charge < -0.3 is 9.64 Å².